The second-order valence-corrected chi connectivity index (χ2v) is 7.30. The van der Waals surface area contributed by atoms with Crippen LogP contribution in [0.25, 0.3) is 0 Å². The molecular formula is C18H31N3O2. The molecule has 0 radical (unpaired) electrons. The van der Waals surface area contributed by atoms with Crippen LogP contribution in [0.5, 0.6) is 0 Å². The Morgan fingerprint density at radius 2 is 2.17 bits per heavy atom. The molecule has 1 saturated heterocycles. The highest BCUT2D eigenvalue weighted by Gasteiger charge is 2.30. The first-order valence-electron chi connectivity index (χ1n) is 8.74. The number of rotatable bonds is 5. The van der Waals surface area contributed by atoms with Gasteiger partial charge >= 0.3 is 6.09 Å². The number of nitrogens with zero attached hydrogens (tertiary/aromatic N) is 2. The first kappa shape index (κ1) is 17.9. The first-order chi connectivity index (χ1) is 10.9. The molecule has 23 heavy (non-hydrogen) atoms. The molecule has 1 unspecified atom stereocenters. The van der Waals surface area contributed by atoms with Crippen molar-refractivity contribution in [2.45, 2.75) is 71.7 Å². The number of nitrogens with one attached hydrogen (secondary N) is 1. The maximum absolute atomic E-state index is 12.4. The third-order valence-electron chi connectivity index (χ3n) is 4.14. The molecule has 2 heterocycles. The van der Waals surface area contributed by atoms with Gasteiger partial charge in [-0.25, -0.2) is 4.79 Å². The van der Waals surface area contributed by atoms with Gasteiger partial charge in [0.25, 0.3) is 0 Å². The number of hydrogen-bond acceptors (Lipinski definition) is 3. The number of piperidine rings is 1. The van der Waals surface area contributed by atoms with Crippen molar-refractivity contribution in [1.82, 2.24) is 14.8 Å². The van der Waals surface area contributed by atoms with E-state index in [-0.39, 0.29) is 12.1 Å². The summed E-state index contributed by atoms with van der Waals surface area (Å²) in [6, 6.07) is 2.37. The van der Waals surface area contributed by atoms with Crippen LogP contribution in [0.15, 0.2) is 18.5 Å². The third-order valence-corrected chi connectivity index (χ3v) is 4.14. The summed E-state index contributed by atoms with van der Waals surface area (Å²) in [4.78, 5) is 14.3. The molecule has 130 valence electrons. The van der Waals surface area contributed by atoms with Gasteiger partial charge in [0, 0.05) is 44.6 Å². The maximum Gasteiger partial charge on any atom is 0.410 e. The highest BCUT2D eigenvalue weighted by Crippen LogP contribution is 2.20. The van der Waals surface area contributed by atoms with Gasteiger partial charge in [-0.05, 0) is 58.6 Å². The summed E-state index contributed by atoms with van der Waals surface area (Å²) in [6.45, 7) is 11.3. The van der Waals surface area contributed by atoms with E-state index in [1.807, 2.05) is 25.7 Å². The molecular weight excluding hydrogens is 290 g/mol. The lowest BCUT2D eigenvalue weighted by Gasteiger charge is -2.36. The molecule has 1 aromatic heterocycles. The Morgan fingerprint density at radius 3 is 2.83 bits per heavy atom. The largest absolute Gasteiger partial charge is 0.444 e. The number of carbonyl (C=O) groups excluding carboxylic acids is 1. The van der Waals surface area contributed by atoms with Gasteiger partial charge in [-0.1, -0.05) is 0 Å². The Kier molecular flexibility index (Phi) is 6.10. The van der Waals surface area contributed by atoms with E-state index in [0.29, 0.717) is 0 Å². The number of hydrogen-bond donors (Lipinski definition) is 1. The molecule has 1 atom stereocenters. The molecule has 5 heteroatoms. The quantitative estimate of drug-likeness (QED) is 0.904. The Bertz CT molecular complexity index is 505. The summed E-state index contributed by atoms with van der Waals surface area (Å²) in [5.74, 6) is 0. The zero-order valence-corrected chi connectivity index (χ0v) is 15.0. The normalized spacial score (nSPS) is 19.0. The average Bonchev–Trinajstić information content (AvgIpc) is 2.94. The van der Waals surface area contributed by atoms with Crippen LogP contribution in [-0.4, -0.2) is 40.3 Å². The smallest absolute Gasteiger partial charge is 0.410 e. The van der Waals surface area contributed by atoms with Gasteiger partial charge in [0.15, 0.2) is 0 Å². The summed E-state index contributed by atoms with van der Waals surface area (Å²) in [5, 5.41) is 3.49. The molecule has 1 aliphatic heterocycles. The van der Waals surface area contributed by atoms with E-state index in [1.54, 1.807) is 0 Å². The molecule has 5 nitrogen and oxygen atoms in total. The highest BCUT2D eigenvalue weighted by molar-refractivity contribution is 5.68. The van der Waals surface area contributed by atoms with Crippen molar-refractivity contribution < 1.29 is 9.53 Å². The van der Waals surface area contributed by atoms with Crippen molar-refractivity contribution >= 4 is 6.09 Å². The lowest BCUT2D eigenvalue weighted by atomic mass is 10.0. The molecule has 1 aliphatic rings. The lowest BCUT2D eigenvalue weighted by Crippen LogP contribution is -2.50. The summed E-state index contributed by atoms with van der Waals surface area (Å²) in [6.07, 6.45) is 7.38. The standard InChI is InChI=1S/C18H31N3O2/c1-5-20-11-9-15(14-20)12-19-13-16-8-6-7-10-21(16)17(22)23-18(2,3)4/h9,11,14,16,19H,5-8,10,12-13H2,1-4H3. The molecule has 1 fully saturated rings. The van der Waals surface area contributed by atoms with Crippen molar-refractivity contribution in [3.05, 3.63) is 24.0 Å². The van der Waals surface area contributed by atoms with Gasteiger partial charge in [0.1, 0.15) is 5.60 Å². The molecule has 1 N–H and O–H groups in total. The Hall–Kier alpha value is -1.49. The predicted octanol–water partition coefficient (Wildman–Crippen LogP) is 3.39. The molecule has 0 bridgehead atoms. The van der Waals surface area contributed by atoms with Gasteiger partial charge in [-0.15, -0.1) is 0 Å². The van der Waals surface area contributed by atoms with Crippen molar-refractivity contribution in [2.24, 2.45) is 0 Å². The molecule has 0 aromatic carbocycles. The predicted molar refractivity (Wildman–Crippen MR) is 92.4 cm³/mol. The van der Waals surface area contributed by atoms with E-state index in [1.165, 1.54) is 12.0 Å². The third kappa shape index (κ3) is 5.57. The van der Waals surface area contributed by atoms with Crippen LogP contribution in [0.3, 0.4) is 0 Å². The monoisotopic (exact) mass is 321 g/mol. The van der Waals surface area contributed by atoms with Crippen molar-refractivity contribution in [2.75, 3.05) is 13.1 Å². The second-order valence-electron chi connectivity index (χ2n) is 7.30. The van der Waals surface area contributed by atoms with Gasteiger partial charge in [-0.3, -0.25) is 0 Å². The number of ether oxygens (including phenoxy) is 1. The number of carbonyl (C=O) groups is 1. The van der Waals surface area contributed by atoms with Crippen molar-refractivity contribution in [1.29, 1.82) is 0 Å². The van der Waals surface area contributed by atoms with Crippen LogP contribution in [0, 0.1) is 0 Å². The Balaban J connectivity index is 1.84. The van der Waals surface area contributed by atoms with Crippen LogP contribution in [0.1, 0.15) is 52.5 Å². The minimum absolute atomic E-state index is 0.180. The SMILES string of the molecule is CCn1ccc(CNCC2CCCCN2C(=O)OC(C)(C)C)c1. The van der Waals surface area contributed by atoms with E-state index in [4.69, 9.17) is 4.74 Å². The number of aromatic nitrogens is 1. The summed E-state index contributed by atoms with van der Waals surface area (Å²) in [5.41, 5.74) is 0.849. The number of likely N-dealkylation sites (tertiary alicyclic amines) is 1. The minimum Gasteiger partial charge on any atom is -0.444 e. The van der Waals surface area contributed by atoms with Crippen molar-refractivity contribution in [3.63, 3.8) is 0 Å². The topological polar surface area (TPSA) is 46.5 Å². The van der Waals surface area contributed by atoms with E-state index >= 15 is 0 Å². The van der Waals surface area contributed by atoms with Crippen LogP contribution >= 0.6 is 0 Å². The van der Waals surface area contributed by atoms with E-state index in [0.717, 1.165) is 39.0 Å². The van der Waals surface area contributed by atoms with E-state index in [2.05, 4.69) is 35.3 Å². The van der Waals surface area contributed by atoms with Crippen LogP contribution in [0.4, 0.5) is 4.79 Å². The Morgan fingerprint density at radius 1 is 1.39 bits per heavy atom. The minimum atomic E-state index is -0.435. The zero-order valence-electron chi connectivity index (χ0n) is 15.0. The Labute approximate surface area is 140 Å². The summed E-state index contributed by atoms with van der Waals surface area (Å²) < 4.78 is 7.72. The van der Waals surface area contributed by atoms with Gasteiger partial charge < -0.3 is 19.5 Å². The fourth-order valence-electron chi connectivity index (χ4n) is 2.95. The molecule has 2 rings (SSSR count). The first-order valence-corrected chi connectivity index (χ1v) is 8.74. The average molecular weight is 321 g/mol. The molecule has 0 aliphatic carbocycles. The highest BCUT2D eigenvalue weighted by atomic mass is 16.6. The van der Waals surface area contributed by atoms with Gasteiger partial charge in [-0.2, -0.15) is 0 Å². The maximum atomic E-state index is 12.4. The summed E-state index contributed by atoms with van der Waals surface area (Å²) >= 11 is 0. The fourth-order valence-corrected chi connectivity index (χ4v) is 2.95. The molecule has 0 spiro atoms. The van der Waals surface area contributed by atoms with E-state index in [9.17, 15) is 4.79 Å². The number of amides is 1. The molecule has 1 aromatic rings. The molecule has 1 amide bonds. The van der Waals surface area contributed by atoms with Crippen molar-refractivity contribution in [3.8, 4) is 0 Å². The number of aryl methyl sites for hydroxylation is 1. The van der Waals surface area contributed by atoms with Crippen LogP contribution in [0.2, 0.25) is 0 Å². The lowest BCUT2D eigenvalue weighted by molar-refractivity contribution is 0.00993. The van der Waals surface area contributed by atoms with Gasteiger partial charge in [0.05, 0.1) is 0 Å². The van der Waals surface area contributed by atoms with E-state index < -0.39 is 5.60 Å². The zero-order chi connectivity index (χ0) is 16.9. The van der Waals surface area contributed by atoms with Crippen LogP contribution in [-0.2, 0) is 17.8 Å². The van der Waals surface area contributed by atoms with Crippen LogP contribution < -0.4 is 5.32 Å². The summed E-state index contributed by atoms with van der Waals surface area (Å²) in [7, 11) is 0. The van der Waals surface area contributed by atoms with Gasteiger partial charge in [0.2, 0.25) is 0 Å². The second kappa shape index (κ2) is 7.86. The molecule has 0 saturated carbocycles. The fraction of sp³-hybridized carbons (Fsp3) is 0.722.